The highest BCUT2D eigenvalue weighted by Gasteiger charge is 2.21. The summed E-state index contributed by atoms with van der Waals surface area (Å²) in [4.78, 5) is 11.0. The molecule has 0 aliphatic heterocycles. The highest BCUT2D eigenvalue weighted by Crippen LogP contribution is 2.22. The topological polar surface area (TPSA) is 83.5 Å². The maximum absolute atomic E-state index is 12.2. The Labute approximate surface area is 133 Å². The lowest BCUT2D eigenvalue weighted by Crippen LogP contribution is -2.31. The van der Waals surface area contributed by atoms with Crippen molar-refractivity contribution < 1.29 is 18.3 Å². The lowest BCUT2D eigenvalue weighted by Gasteiger charge is -2.18. The molecule has 1 aromatic carbocycles. The van der Waals surface area contributed by atoms with Crippen molar-refractivity contribution in [2.24, 2.45) is 11.8 Å². The number of benzene rings is 1. The van der Waals surface area contributed by atoms with E-state index < -0.39 is 16.0 Å². The average molecular weight is 378 g/mol. The molecule has 0 fully saturated rings. The smallest absolute Gasteiger partial charge is 0.303 e. The number of carboxylic acids is 1. The van der Waals surface area contributed by atoms with Crippen molar-refractivity contribution in [3.63, 3.8) is 0 Å². The Kier molecular flexibility index (Phi) is 6.83. The van der Waals surface area contributed by atoms with Gasteiger partial charge in [0.25, 0.3) is 0 Å². The Morgan fingerprint density at radius 2 is 1.95 bits per heavy atom. The minimum absolute atomic E-state index is 0.0450. The van der Waals surface area contributed by atoms with Crippen molar-refractivity contribution in [1.82, 2.24) is 4.72 Å². The molecule has 1 unspecified atom stereocenters. The fourth-order valence-electron chi connectivity index (χ4n) is 2.12. The van der Waals surface area contributed by atoms with Crippen LogP contribution in [0.3, 0.4) is 0 Å². The molecule has 0 aromatic heterocycles. The van der Waals surface area contributed by atoms with Crippen LogP contribution < -0.4 is 4.72 Å². The zero-order chi connectivity index (χ0) is 16.0. The molecule has 118 valence electrons. The quantitative estimate of drug-likeness (QED) is 0.729. The van der Waals surface area contributed by atoms with Gasteiger partial charge >= 0.3 is 5.97 Å². The van der Waals surface area contributed by atoms with E-state index in [1.54, 1.807) is 18.2 Å². The molecule has 0 heterocycles. The predicted molar refractivity (Wildman–Crippen MR) is 84.5 cm³/mol. The van der Waals surface area contributed by atoms with Gasteiger partial charge in [-0.05, 0) is 46.3 Å². The van der Waals surface area contributed by atoms with Gasteiger partial charge in [0, 0.05) is 17.4 Å². The number of aliphatic carboxylic acids is 1. The van der Waals surface area contributed by atoms with Gasteiger partial charge in [-0.1, -0.05) is 26.0 Å². The van der Waals surface area contributed by atoms with Crippen LogP contribution in [-0.2, 0) is 14.8 Å². The molecule has 7 heteroatoms. The van der Waals surface area contributed by atoms with Gasteiger partial charge in [-0.25, -0.2) is 13.1 Å². The predicted octanol–water partition coefficient (Wildman–Crippen LogP) is 2.86. The molecule has 1 atom stereocenters. The van der Waals surface area contributed by atoms with Crippen LogP contribution in [0.15, 0.2) is 33.6 Å². The van der Waals surface area contributed by atoms with Crippen molar-refractivity contribution in [2.75, 3.05) is 6.54 Å². The monoisotopic (exact) mass is 377 g/mol. The third-order valence-electron chi connectivity index (χ3n) is 2.96. The SMILES string of the molecule is CC(C)CC(CNS(=O)(=O)c1ccccc1Br)CC(=O)O. The van der Waals surface area contributed by atoms with Crippen LogP contribution in [-0.4, -0.2) is 26.0 Å². The maximum atomic E-state index is 12.2. The Morgan fingerprint density at radius 3 is 2.48 bits per heavy atom. The van der Waals surface area contributed by atoms with Gasteiger partial charge in [0.05, 0.1) is 4.90 Å². The number of nitrogens with one attached hydrogen (secondary N) is 1. The zero-order valence-corrected chi connectivity index (χ0v) is 14.4. The standard InChI is InChI=1S/C14H20BrNO4S/c1-10(2)7-11(8-14(17)18)9-16-21(19,20)13-6-4-3-5-12(13)15/h3-6,10-11,16H,7-9H2,1-2H3,(H,17,18). The van der Waals surface area contributed by atoms with Gasteiger partial charge in [0.1, 0.15) is 0 Å². The van der Waals surface area contributed by atoms with Crippen LogP contribution in [0.5, 0.6) is 0 Å². The number of hydrogen-bond acceptors (Lipinski definition) is 3. The Balaban J connectivity index is 2.78. The van der Waals surface area contributed by atoms with E-state index in [1.807, 2.05) is 13.8 Å². The van der Waals surface area contributed by atoms with Gasteiger partial charge in [0.2, 0.25) is 10.0 Å². The summed E-state index contributed by atoms with van der Waals surface area (Å²) < 4.78 is 27.5. The first kappa shape index (κ1) is 18.1. The van der Waals surface area contributed by atoms with E-state index in [-0.39, 0.29) is 23.8 Å². The van der Waals surface area contributed by atoms with E-state index >= 15 is 0 Å². The fraction of sp³-hybridized carbons (Fsp3) is 0.500. The van der Waals surface area contributed by atoms with Crippen LogP contribution in [0.25, 0.3) is 0 Å². The summed E-state index contributed by atoms with van der Waals surface area (Å²) in [6, 6.07) is 6.52. The molecule has 2 N–H and O–H groups in total. The van der Waals surface area contributed by atoms with E-state index in [1.165, 1.54) is 6.07 Å². The van der Waals surface area contributed by atoms with E-state index in [0.717, 1.165) is 0 Å². The first-order chi connectivity index (χ1) is 9.72. The van der Waals surface area contributed by atoms with Crippen molar-refractivity contribution in [3.05, 3.63) is 28.7 Å². The summed E-state index contributed by atoms with van der Waals surface area (Å²) in [7, 11) is -3.65. The van der Waals surface area contributed by atoms with Gasteiger partial charge in [-0.15, -0.1) is 0 Å². The molecular weight excluding hydrogens is 358 g/mol. The molecule has 0 aliphatic rings. The van der Waals surface area contributed by atoms with Crippen molar-refractivity contribution in [1.29, 1.82) is 0 Å². The maximum Gasteiger partial charge on any atom is 0.303 e. The summed E-state index contributed by atoms with van der Waals surface area (Å²) in [5.41, 5.74) is 0. The molecule has 1 rings (SSSR count). The number of sulfonamides is 1. The molecular formula is C14H20BrNO4S. The van der Waals surface area contributed by atoms with E-state index in [9.17, 15) is 13.2 Å². The summed E-state index contributed by atoms with van der Waals surface area (Å²) >= 11 is 3.21. The molecule has 5 nitrogen and oxygen atoms in total. The lowest BCUT2D eigenvalue weighted by molar-refractivity contribution is -0.138. The molecule has 21 heavy (non-hydrogen) atoms. The number of halogens is 1. The van der Waals surface area contributed by atoms with Gasteiger partial charge in [0.15, 0.2) is 0 Å². The van der Waals surface area contributed by atoms with Crippen LogP contribution in [0.4, 0.5) is 0 Å². The molecule has 1 aromatic rings. The van der Waals surface area contributed by atoms with Crippen molar-refractivity contribution in [3.8, 4) is 0 Å². The highest BCUT2D eigenvalue weighted by atomic mass is 79.9. The minimum atomic E-state index is -3.65. The van der Waals surface area contributed by atoms with Gasteiger partial charge in [-0.2, -0.15) is 0 Å². The van der Waals surface area contributed by atoms with Crippen molar-refractivity contribution >= 4 is 31.9 Å². The molecule has 0 amide bonds. The van der Waals surface area contributed by atoms with E-state index in [4.69, 9.17) is 5.11 Å². The molecule has 0 bridgehead atoms. The second-order valence-electron chi connectivity index (χ2n) is 5.38. The van der Waals surface area contributed by atoms with Gasteiger partial charge < -0.3 is 5.11 Å². The van der Waals surface area contributed by atoms with Crippen LogP contribution in [0.1, 0.15) is 26.7 Å². The summed E-state index contributed by atoms with van der Waals surface area (Å²) in [6.07, 6.45) is 0.613. The average Bonchev–Trinajstić information content (AvgIpc) is 2.35. The molecule has 0 aliphatic carbocycles. The lowest BCUT2D eigenvalue weighted by atomic mass is 9.94. The molecule has 0 radical (unpaired) electrons. The highest BCUT2D eigenvalue weighted by molar-refractivity contribution is 9.10. The summed E-state index contributed by atoms with van der Waals surface area (Å²) in [5.74, 6) is -0.831. The van der Waals surface area contributed by atoms with E-state index in [2.05, 4.69) is 20.7 Å². The summed E-state index contributed by atoms with van der Waals surface area (Å²) in [6.45, 7) is 4.09. The van der Waals surface area contributed by atoms with Crippen LogP contribution in [0.2, 0.25) is 0 Å². The number of hydrogen-bond donors (Lipinski definition) is 2. The molecule has 0 spiro atoms. The molecule has 0 saturated carbocycles. The third kappa shape index (κ3) is 6.15. The minimum Gasteiger partial charge on any atom is -0.481 e. The number of carboxylic acid groups (broad SMARTS) is 1. The molecule has 0 saturated heterocycles. The fourth-order valence-corrected chi connectivity index (χ4v) is 4.24. The van der Waals surface area contributed by atoms with Crippen LogP contribution >= 0.6 is 15.9 Å². The Morgan fingerprint density at radius 1 is 1.33 bits per heavy atom. The van der Waals surface area contributed by atoms with Crippen LogP contribution in [0, 0.1) is 11.8 Å². The van der Waals surface area contributed by atoms with Gasteiger partial charge in [-0.3, -0.25) is 4.79 Å². The normalized spacial score (nSPS) is 13.3. The second kappa shape index (κ2) is 7.91. The van der Waals surface area contributed by atoms with Crippen molar-refractivity contribution in [2.45, 2.75) is 31.6 Å². The zero-order valence-electron chi connectivity index (χ0n) is 12.0. The third-order valence-corrected chi connectivity index (χ3v) is 5.39. The number of rotatable bonds is 8. The first-order valence-electron chi connectivity index (χ1n) is 6.68. The summed E-state index contributed by atoms with van der Waals surface area (Å²) in [5, 5.41) is 8.90. The Hall–Kier alpha value is -0.920. The Bertz CT molecular complexity index is 586. The largest absolute Gasteiger partial charge is 0.481 e. The second-order valence-corrected chi connectivity index (χ2v) is 7.97. The van der Waals surface area contributed by atoms with E-state index in [0.29, 0.717) is 16.8 Å². The number of carbonyl (C=O) groups is 1. The first-order valence-corrected chi connectivity index (χ1v) is 8.96.